The van der Waals surface area contributed by atoms with Crippen LogP contribution in [-0.4, -0.2) is 27.6 Å². The summed E-state index contributed by atoms with van der Waals surface area (Å²) in [6, 6.07) is 5.64. The topological polar surface area (TPSA) is 48.9 Å². The molecule has 2 atom stereocenters. The smallest absolute Gasteiger partial charge is 0.177 e. The van der Waals surface area contributed by atoms with Crippen LogP contribution in [0.15, 0.2) is 24.4 Å². The van der Waals surface area contributed by atoms with Gasteiger partial charge in [-0.05, 0) is 36.0 Å². The Morgan fingerprint density at radius 3 is 3.16 bits per heavy atom. The number of halogens is 1. The largest absolute Gasteiger partial charge is 0.396 e. The van der Waals surface area contributed by atoms with E-state index in [4.69, 9.17) is 5.11 Å². The summed E-state index contributed by atoms with van der Waals surface area (Å²) in [5, 5.41) is 16.6. The van der Waals surface area contributed by atoms with Crippen molar-refractivity contribution in [3.05, 3.63) is 30.0 Å². The molecule has 0 bridgehead atoms. The van der Waals surface area contributed by atoms with E-state index in [9.17, 15) is 4.39 Å². The third kappa shape index (κ3) is 2.31. The van der Waals surface area contributed by atoms with Gasteiger partial charge in [0.1, 0.15) is 0 Å². The number of H-pyrrole nitrogens is 1. The van der Waals surface area contributed by atoms with Crippen molar-refractivity contribution in [2.24, 2.45) is 5.92 Å². The number of aliphatic hydroxyl groups is 1. The van der Waals surface area contributed by atoms with Gasteiger partial charge in [-0.25, -0.2) is 4.39 Å². The molecular weight excluding hydrogens is 243 g/mol. The molecule has 1 aliphatic carbocycles. The Kier molecular flexibility index (Phi) is 2.74. The van der Waals surface area contributed by atoms with Crippen LogP contribution in [0.4, 0.5) is 4.39 Å². The zero-order valence-electron chi connectivity index (χ0n) is 10.1. The maximum absolute atomic E-state index is 13.6. The molecule has 0 spiro atoms. The van der Waals surface area contributed by atoms with Crippen molar-refractivity contribution in [3.63, 3.8) is 0 Å². The molecule has 4 heteroatoms. The summed E-state index contributed by atoms with van der Waals surface area (Å²) < 4.78 is 13.6. The van der Waals surface area contributed by atoms with E-state index in [2.05, 4.69) is 33.9 Å². The monoisotopic (exact) mass is 254 g/mol. The number of hydrogen-bond acceptors (Lipinski definition) is 2. The molecule has 94 valence electrons. The molecule has 1 aromatic heterocycles. The van der Waals surface area contributed by atoms with Gasteiger partial charge in [0.25, 0.3) is 0 Å². The molecule has 3 nitrogen and oxygen atoms in total. The number of aromatic nitrogens is 2. The zero-order valence-corrected chi connectivity index (χ0v) is 10.1. The molecular formula is C15H11FN2O. The Balaban J connectivity index is 1.76. The van der Waals surface area contributed by atoms with Crippen LogP contribution in [0, 0.1) is 29.6 Å². The Bertz CT molecular complexity index is 744. The molecule has 0 radical (unpaired) electrons. The second-order valence-corrected chi connectivity index (χ2v) is 4.62. The zero-order chi connectivity index (χ0) is 13.3. The molecule has 3 rings (SSSR count). The highest BCUT2D eigenvalue weighted by Crippen LogP contribution is 2.46. The first kappa shape index (κ1) is 11.8. The van der Waals surface area contributed by atoms with Crippen molar-refractivity contribution >= 4 is 10.9 Å². The summed E-state index contributed by atoms with van der Waals surface area (Å²) in [6.45, 7) is -0.157. The molecule has 0 amide bonds. The van der Waals surface area contributed by atoms with Crippen molar-refractivity contribution in [3.8, 4) is 23.7 Å². The minimum Gasteiger partial charge on any atom is -0.396 e. The van der Waals surface area contributed by atoms with E-state index in [1.54, 1.807) is 6.20 Å². The summed E-state index contributed by atoms with van der Waals surface area (Å²) >= 11 is 0. The lowest BCUT2D eigenvalue weighted by Gasteiger charge is -1.92. The summed E-state index contributed by atoms with van der Waals surface area (Å²) in [7, 11) is 0. The summed E-state index contributed by atoms with van der Waals surface area (Å²) in [5.74, 6) is 10.1. The SMILES string of the molecule is OC[C@H]1C[C@]1(F)C#CC#Cc1ccc2[nH]ncc2c1. The lowest BCUT2D eigenvalue weighted by Crippen LogP contribution is -2.02. The number of nitrogens with one attached hydrogen (secondary N) is 1. The summed E-state index contributed by atoms with van der Waals surface area (Å²) in [5.41, 5.74) is 0.228. The number of aromatic amines is 1. The Labute approximate surface area is 109 Å². The van der Waals surface area contributed by atoms with Gasteiger partial charge in [-0.1, -0.05) is 5.92 Å². The first-order valence-corrected chi connectivity index (χ1v) is 5.97. The van der Waals surface area contributed by atoms with E-state index in [0.29, 0.717) is 6.42 Å². The fourth-order valence-corrected chi connectivity index (χ4v) is 1.92. The Morgan fingerprint density at radius 1 is 1.47 bits per heavy atom. The normalized spacial score (nSPS) is 24.2. The van der Waals surface area contributed by atoms with Gasteiger partial charge < -0.3 is 5.11 Å². The van der Waals surface area contributed by atoms with Crippen molar-refractivity contribution in [1.82, 2.24) is 10.2 Å². The van der Waals surface area contributed by atoms with Crippen LogP contribution in [0.5, 0.6) is 0 Å². The Hall–Kier alpha value is -2.30. The standard InChI is InChI=1S/C15H11FN2O/c16-15(8-13(15)10-19)6-2-1-3-11-4-5-14-12(7-11)9-17-18-14/h4-5,7,9,13,19H,8,10H2,(H,17,18)/t13-,15-/m1/s1. The van der Waals surface area contributed by atoms with Crippen LogP contribution in [-0.2, 0) is 0 Å². The molecule has 0 aliphatic heterocycles. The van der Waals surface area contributed by atoms with E-state index in [0.717, 1.165) is 16.5 Å². The number of hydrogen-bond donors (Lipinski definition) is 2. The van der Waals surface area contributed by atoms with Crippen LogP contribution in [0.2, 0.25) is 0 Å². The number of rotatable bonds is 1. The quantitative estimate of drug-likeness (QED) is 0.760. The second-order valence-electron chi connectivity index (χ2n) is 4.62. The molecule has 19 heavy (non-hydrogen) atoms. The molecule has 0 unspecified atom stereocenters. The average Bonchev–Trinajstić information content (AvgIpc) is 2.85. The molecule has 0 saturated heterocycles. The average molecular weight is 254 g/mol. The maximum atomic E-state index is 13.6. The maximum Gasteiger partial charge on any atom is 0.177 e. The Morgan fingerprint density at radius 2 is 2.37 bits per heavy atom. The summed E-state index contributed by atoms with van der Waals surface area (Å²) in [6.07, 6.45) is 2.03. The highest BCUT2D eigenvalue weighted by Gasteiger charge is 2.54. The fraction of sp³-hybridized carbons (Fsp3) is 0.267. The minimum absolute atomic E-state index is 0.157. The van der Waals surface area contributed by atoms with Gasteiger partial charge in [0, 0.05) is 23.3 Å². The molecule has 1 heterocycles. The molecule has 1 fully saturated rings. The molecule has 1 aromatic carbocycles. The van der Waals surface area contributed by atoms with Crippen LogP contribution in [0.1, 0.15) is 12.0 Å². The van der Waals surface area contributed by atoms with E-state index in [1.807, 2.05) is 18.2 Å². The lowest BCUT2D eigenvalue weighted by molar-refractivity contribution is 0.240. The van der Waals surface area contributed by atoms with Crippen molar-refractivity contribution in [1.29, 1.82) is 0 Å². The van der Waals surface area contributed by atoms with E-state index in [1.165, 1.54) is 0 Å². The summed E-state index contributed by atoms with van der Waals surface area (Å²) in [4.78, 5) is 0. The van der Waals surface area contributed by atoms with Crippen LogP contribution < -0.4 is 0 Å². The predicted octanol–water partition coefficient (Wildman–Crippen LogP) is 1.64. The van der Waals surface area contributed by atoms with Crippen LogP contribution in [0.3, 0.4) is 0 Å². The van der Waals surface area contributed by atoms with Gasteiger partial charge in [0.05, 0.1) is 18.3 Å². The van der Waals surface area contributed by atoms with Crippen LogP contribution >= 0.6 is 0 Å². The number of benzene rings is 1. The number of nitrogens with zero attached hydrogens (tertiary/aromatic N) is 1. The second kappa shape index (κ2) is 4.42. The predicted molar refractivity (Wildman–Crippen MR) is 69.8 cm³/mol. The third-order valence-electron chi connectivity index (χ3n) is 3.23. The van der Waals surface area contributed by atoms with E-state index in [-0.39, 0.29) is 12.5 Å². The van der Waals surface area contributed by atoms with Crippen LogP contribution in [0.25, 0.3) is 10.9 Å². The van der Waals surface area contributed by atoms with Gasteiger partial charge in [-0.15, -0.1) is 0 Å². The first-order chi connectivity index (χ1) is 9.21. The number of alkyl halides is 1. The van der Waals surface area contributed by atoms with Gasteiger partial charge >= 0.3 is 0 Å². The first-order valence-electron chi connectivity index (χ1n) is 5.97. The number of aliphatic hydroxyl groups excluding tert-OH is 1. The van der Waals surface area contributed by atoms with Crippen molar-refractivity contribution in [2.75, 3.05) is 6.61 Å². The molecule has 2 N–H and O–H groups in total. The van der Waals surface area contributed by atoms with Crippen molar-refractivity contribution in [2.45, 2.75) is 12.1 Å². The van der Waals surface area contributed by atoms with E-state index < -0.39 is 5.67 Å². The highest BCUT2D eigenvalue weighted by molar-refractivity contribution is 5.79. The molecule has 1 saturated carbocycles. The fourth-order valence-electron chi connectivity index (χ4n) is 1.92. The highest BCUT2D eigenvalue weighted by atomic mass is 19.1. The third-order valence-corrected chi connectivity index (χ3v) is 3.23. The van der Waals surface area contributed by atoms with Gasteiger partial charge in [-0.2, -0.15) is 5.10 Å². The number of fused-ring (bicyclic) bond motifs is 1. The van der Waals surface area contributed by atoms with E-state index >= 15 is 0 Å². The lowest BCUT2D eigenvalue weighted by atomic mass is 10.2. The minimum atomic E-state index is -1.53. The van der Waals surface area contributed by atoms with Crippen molar-refractivity contribution < 1.29 is 9.50 Å². The van der Waals surface area contributed by atoms with Gasteiger partial charge in [-0.3, -0.25) is 5.10 Å². The van der Waals surface area contributed by atoms with Gasteiger partial charge in [0.15, 0.2) is 5.67 Å². The molecule has 1 aliphatic rings. The van der Waals surface area contributed by atoms with Gasteiger partial charge in [0.2, 0.25) is 0 Å². The molecule has 2 aromatic rings.